The summed E-state index contributed by atoms with van der Waals surface area (Å²) in [5.74, 6) is 0.105. The smallest absolute Gasteiger partial charge is 0.343 e. The SMILES string of the molecule is CCOC(=O)c1cn2c(cc1=O)-c1c3cccc(OCc4ccccc4)c3nn1CC2C(C)(C)CC. The van der Waals surface area contributed by atoms with Gasteiger partial charge < -0.3 is 14.0 Å². The maximum atomic E-state index is 13.1. The van der Waals surface area contributed by atoms with Crippen LogP contribution in [0.1, 0.15) is 56.1 Å². The van der Waals surface area contributed by atoms with Crippen molar-refractivity contribution in [3.63, 3.8) is 0 Å². The van der Waals surface area contributed by atoms with Gasteiger partial charge in [0.2, 0.25) is 0 Å². The molecule has 0 bridgehead atoms. The van der Waals surface area contributed by atoms with Crippen LogP contribution in [-0.4, -0.2) is 26.9 Å². The van der Waals surface area contributed by atoms with E-state index in [4.69, 9.17) is 14.6 Å². The lowest BCUT2D eigenvalue weighted by Gasteiger charge is -2.40. The van der Waals surface area contributed by atoms with Gasteiger partial charge in [0, 0.05) is 17.6 Å². The molecule has 0 aliphatic carbocycles. The zero-order valence-corrected chi connectivity index (χ0v) is 21.2. The fourth-order valence-corrected chi connectivity index (χ4v) is 4.85. The Morgan fingerprint density at radius 2 is 1.89 bits per heavy atom. The first-order valence-corrected chi connectivity index (χ1v) is 12.4. The Hall–Kier alpha value is -3.87. The van der Waals surface area contributed by atoms with Gasteiger partial charge in [0.05, 0.1) is 30.6 Å². The van der Waals surface area contributed by atoms with Gasteiger partial charge in [-0.25, -0.2) is 4.79 Å². The van der Waals surface area contributed by atoms with Crippen molar-refractivity contribution in [3.05, 3.63) is 82.1 Å². The topological polar surface area (TPSA) is 75.3 Å². The summed E-state index contributed by atoms with van der Waals surface area (Å²) < 4.78 is 15.4. The van der Waals surface area contributed by atoms with Crippen molar-refractivity contribution in [2.24, 2.45) is 5.41 Å². The fourth-order valence-electron chi connectivity index (χ4n) is 4.85. The number of fused-ring (bicyclic) bond motifs is 5. The molecule has 0 fully saturated rings. The lowest BCUT2D eigenvalue weighted by Crippen LogP contribution is -2.36. The predicted molar refractivity (Wildman–Crippen MR) is 139 cm³/mol. The molecule has 0 radical (unpaired) electrons. The monoisotopic (exact) mass is 485 g/mol. The number of carbonyl (C=O) groups excluding carboxylic acids is 1. The van der Waals surface area contributed by atoms with Crippen LogP contribution >= 0.6 is 0 Å². The number of benzene rings is 2. The van der Waals surface area contributed by atoms with Crippen molar-refractivity contribution >= 4 is 16.9 Å². The Balaban J connectivity index is 1.66. The highest BCUT2D eigenvalue weighted by atomic mass is 16.5. The van der Waals surface area contributed by atoms with Crippen molar-refractivity contribution in [2.45, 2.75) is 53.3 Å². The molecule has 36 heavy (non-hydrogen) atoms. The average Bonchev–Trinajstić information content (AvgIpc) is 3.26. The Kier molecular flexibility index (Phi) is 6.16. The molecule has 0 saturated carbocycles. The van der Waals surface area contributed by atoms with Crippen molar-refractivity contribution in [1.29, 1.82) is 0 Å². The van der Waals surface area contributed by atoms with Gasteiger partial charge in [0.25, 0.3) is 0 Å². The first kappa shape index (κ1) is 23.9. The van der Waals surface area contributed by atoms with E-state index >= 15 is 0 Å². The van der Waals surface area contributed by atoms with Gasteiger partial charge in [-0.1, -0.05) is 63.2 Å². The van der Waals surface area contributed by atoms with E-state index in [1.807, 2.05) is 53.2 Å². The van der Waals surface area contributed by atoms with Crippen LogP contribution in [0.3, 0.4) is 0 Å². The highest BCUT2D eigenvalue weighted by molar-refractivity contribution is 5.97. The molecule has 1 aliphatic heterocycles. The number of esters is 1. The maximum Gasteiger partial charge on any atom is 0.343 e. The van der Waals surface area contributed by atoms with E-state index in [-0.39, 0.29) is 29.1 Å². The first-order chi connectivity index (χ1) is 17.3. The van der Waals surface area contributed by atoms with Crippen molar-refractivity contribution in [1.82, 2.24) is 14.3 Å². The van der Waals surface area contributed by atoms with Gasteiger partial charge in [0.15, 0.2) is 5.43 Å². The van der Waals surface area contributed by atoms with Crippen molar-refractivity contribution < 1.29 is 14.3 Å². The summed E-state index contributed by atoms with van der Waals surface area (Å²) in [4.78, 5) is 25.6. The normalized spacial score (nSPS) is 14.8. The molecule has 2 aromatic heterocycles. The van der Waals surface area contributed by atoms with Crippen LogP contribution in [0.25, 0.3) is 22.3 Å². The van der Waals surface area contributed by atoms with E-state index in [1.165, 1.54) is 0 Å². The predicted octanol–water partition coefficient (Wildman–Crippen LogP) is 5.61. The highest BCUT2D eigenvalue weighted by Gasteiger charge is 2.37. The molecule has 5 rings (SSSR count). The number of nitrogens with zero attached hydrogens (tertiary/aromatic N) is 3. The third-order valence-corrected chi connectivity index (χ3v) is 7.28. The van der Waals surface area contributed by atoms with Crippen LogP contribution in [0.4, 0.5) is 0 Å². The van der Waals surface area contributed by atoms with Crippen LogP contribution in [0, 0.1) is 5.41 Å². The molecule has 0 N–H and O–H groups in total. The second-order valence-electron chi connectivity index (χ2n) is 9.88. The number of rotatable bonds is 7. The summed E-state index contributed by atoms with van der Waals surface area (Å²) >= 11 is 0. The van der Waals surface area contributed by atoms with Crippen molar-refractivity contribution in [3.8, 4) is 17.1 Å². The first-order valence-electron chi connectivity index (χ1n) is 12.4. The number of pyridine rings is 1. The van der Waals surface area contributed by atoms with E-state index in [9.17, 15) is 9.59 Å². The molecule has 1 unspecified atom stereocenters. The van der Waals surface area contributed by atoms with Gasteiger partial charge in [0.1, 0.15) is 23.4 Å². The maximum absolute atomic E-state index is 13.1. The number of hydrogen-bond donors (Lipinski definition) is 0. The van der Waals surface area contributed by atoms with Crippen LogP contribution in [0.2, 0.25) is 0 Å². The van der Waals surface area contributed by atoms with Gasteiger partial charge in [-0.2, -0.15) is 5.10 Å². The molecule has 0 saturated heterocycles. The molecule has 7 nitrogen and oxygen atoms in total. The Labute approximate surface area is 210 Å². The molecular weight excluding hydrogens is 454 g/mol. The van der Waals surface area contributed by atoms with Gasteiger partial charge in [-0.15, -0.1) is 0 Å². The van der Waals surface area contributed by atoms with Gasteiger partial charge >= 0.3 is 5.97 Å². The summed E-state index contributed by atoms with van der Waals surface area (Å²) in [5.41, 5.74) is 3.02. The minimum absolute atomic E-state index is 0.0122. The van der Waals surface area contributed by atoms with Crippen LogP contribution < -0.4 is 10.2 Å². The molecule has 186 valence electrons. The third kappa shape index (κ3) is 4.08. The largest absolute Gasteiger partial charge is 0.487 e. The number of ether oxygens (including phenoxy) is 2. The molecule has 1 atom stereocenters. The second kappa shape index (κ2) is 9.30. The van der Waals surface area contributed by atoms with E-state index in [2.05, 4.69) is 25.3 Å². The Morgan fingerprint density at radius 3 is 2.61 bits per heavy atom. The molecule has 4 aromatic rings. The number of hydrogen-bond acceptors (Lipinski definition) is 5. The van der Waals surface area contributed by atoms with Gasteiger partial charge in [-0.3, -0.25) is 9.48 Å². The second-order valence-corrected chi connectivity index (χ2v) is 9.88. The Bertz CT molecular complexity index is 1480. The fraction of sp³-hybridized carbons (Fsp3) is 0.345. The quantitative estimate of drug-likeness (QED) is 0.318. The van der Waals surface area contributed by atoms with Crippen LogP contribution in [0.15, 0.2) is 65.6 Å². The zero-order chi connectivity index (χ0) is 25.4. The van der Waals surface area contributed by atoms with Crippen LogP contribution in [0.5, 0.6) is 5.75 Å². The third-order valence-electron chi connectivity index (χ3n) is 7.28. The summed E-state index contributed by atoms with van der Waals surface area (Å²) in [7, 11) is 0. The average molecular weight is 486 g/mol. The number of carbonyl (C=O) groups is 1. The molecule has 1 aliphatic rings. The molecular formula is C29H31N3O4. The summed E-state index contributed by atoms with van der Waals surface area (Å²) in [6, 6.07) is 17.4. The molecule has 2 aromatic carbocycles. The van der Waals surface area contributed by atoms with Crippen molar-refractivity contribution in [2.75, 3.05) is 6.61 Å². The lowest BCUT2D eigenvalue weighted by molar-refractivity contribution is 0.0522. The zero-order valence-electron chi connectivity index (χ0n) is 21.2. The lowest BCUT2D eigenvalue weighted by atomic mass is 9.80. The highest BCUT2D eigenvalue weighted by Crippen LogP contribution is 2.44. The summed E-state index contributed by atoms with van der Waals surface area (Å²) in [6.45, 7) is 9.55. The minimum atomic E-state index is -0.591. The minimum Gasteiger partial charge on any atom is -0.487 e. The molecule has 0 spiro atoms. The Morgan fingerprint density at radius 1 is 1.11 bits per heavy atom. The van der Waals surface area contributed by atoms with E-state index in [0.717, 1.165) is 34.3 Å². The van der Waals surface area contributed by atoms with E-state index in [0.29, 0.717) is 18.9 Å². The molecule has 0 amide bonds. The number of aromatic nitrogens is 3. The van der Waals surface area contributed by atoms with E-state index in [1.54, 1.807) is 19.2 Å². The molecule has 7 heteroatoms. The van der Waals surface area contributed by atoms with Gasteiger partial charge in [-0.05, 0) is 30.4 Å². The summed E-state index contributed by atoms with van der Waals surface area (Å²) in [6.07, 6.45) is 2.59. The molecule has 3 heterocycles. The van der Waals surface area contributed by atoms with Crippen LogP contribution in [-0.2, 0) is 17.9 Å². The summed E-state index contributed by atoms with van der Waals surface area (Å²) in [5, 5.41) is 5.87. The standard InChI is InChI=1S/C29H31N3O4/c1-5-29(3,4)25-17-32-27(22-15-23(33)21(16-31(22)25)28(34)35-6-2)20-13-10-14-24(26(20)30-32)36-18-19-11-8-7-9-12-19/h7-16,25H,5-6,17-18H2,1-4H3. The van der Waals surface area contributed by atoms with E-state index < -0.39 is 5.97 Å².